The number of nitrogen functional groups attached to an aromatic ring is 1. The highest BCUT2D eigenvalue weighted by Crippen LogP contribution is 2.39. The average Bonchev–Trinajstić information content (AvgIpc) is 4.06. The molecule has 0 spiro atoms. The second-order valence-corrected chi connectivity index (χ2v) is 14.4. The van der Waals surface area contributed by atoms with Gasteiger partial charge in [-0.15, -0.1) is 0 Å². The molecule has 59 heavy (non-hydrogen) atoms. The number of amides is 2. The van der Waals surface area contributed by atoms with Crippen LogP contribution in [0.3, 0.4) is 0 Å². The van der Waals surface area contributed by atoms with Crippen molar-refractivity contribution in [3.05, 3.63) is 90.5 Å². The quantitative estimate of drug-likeness (QED) is 0.160. The molecular formula is C40H41ClN12O6. The number of nitrogens with zero attached hydrogens (tertiary/aromatic N) is 10. The van der Waals surface area contributed by atoms with Crippen LogP contribution in [0.2, 0.25) is 5.28 Å². The molecule has 0 saturated carbocycles. The van der Waals surface area contributed by atoms with Crippen LogP contribution >= 0.6 is 11.6 Å². The van der Waals surface area contributed by atoms with Crippen LogP contribution in [0.1, 0.15) is 37.1 Å². The highest BCUT2D eigenvalue weighted by atomic mass is 35.5. The average molecular weight is 821 g/mol. The van der Waals surface area contributed by atoms with Gasteiger partial charge in [0.2, 0.25) is 23.0 Å². The van der Waals surface area contributed by atoms with Crippen LogP contribution in [0.25, 0.3) is 11.4 Å². The molecule has 19 heteroatoms. The molecule has 10 rings (SSSR count). The number of ether oxygens (including phenoxy) is 4. The lowest BCUT2D eigenvalue weighted by Crippen LogP contribution is -2.41. The van der Waals surface area contributed by atoms with Gasteiger partial charge in [0.25, 0.3) is 0 Å². The van der Waals surface area contributed by atoms with Crippen molar-refractivity contribution in [2.24, 2.45) is 0 Å². The zero-order chi connectivity index (χ0) is 41.2. The fourth-order valence-electron chi connectivity index (χ4n) is 7.18. The number of imidazole rings is 2. The number of nitrogens with one attached hydrogen (secondary N) is 1. The Labute approximate surface area is 343 Å². The van der Waals surface area contributed by atoms with E-state index in [1.165, 1.54) is 6.20 Å². The van der Waals surface area contributed by atoms with Gasteiger partial charge >= 0.3 is 0 Å². The number of carbonyl (C=O) groups is 2. The lowest BCUT2D eigenvalue weighted by molar-refractivity contribution is -0.118. The summed E-state index contributed by atoms with van der Waals surface area (Å²) in [6.45, 7) is 4.89. The molecule has 4 aliphatic heterocycles. The monoisotopic (exact) mass is 820 g/mol. The number of aromatic nitrogens is 8. The molecule has 4 aromatic heterocycles. The molecule has 2 saturated heterocycles. The van der Waals surface area contributed by atoms with Crippen molar-refractivity contribution >= 4 is 52.4 Å². The van der Waals surface area contributed by atoms with Crippen molar-refractivity contribution < 1.29 is 28.5 Å². The Morgan fingerprint density at radius 2 is 1.29 bits per heavy atom. The van der Waals surface area contributed by atoms with Gasteiger partial charge in [0, 0.05) is 48.7 Å². The third-order valence-corrected chi connectivity index (χ3v) is 10.2. The number of methoxy groups -OCH3 is 2. The fourth-order valence-corrected chi connectivity index (χ4v) is 7.31. The molecular weight excluding hydrogens is 780 g/mol. The normalized spacial score (nSPS) is 17.2. The lowest BCUT2D eigenvalue weighted by atomic mass is 10.2. The second-order valence-electron chi connectivity index (χ2n) is 14.0. The Morgan fingerprint density at radius 1 is 0.746 bits per heavy atom. The number of benzene rings is 2. The van der Waals surface area contributed by atoms with Gasteiger partial charge in [0.15, 0.2) is 23.1 Å². The van der Waals surface area contributed by atoms with Gasteiger partial charge < -0.3 is 39.1 Å². The number of halogens is 1. The van der Waals surface area contributed by atoms with Crippen LogP contribution < -0.4 is 39.8 Å². The predicted molar refractivity (Wildman–Crippen MR) is 218 cm³/mol. The highest BCUT2D eigenvalue weighted by molar-refractivity contribution is 6.28. The first-order valence-corrected chi connectivity index (χ1v) is 19.2. The smallest absolute Gasteiger partial charge is 0.229 e. The number of aryl methyl sites for hydroxylation is 2. The Hall–Kier alpha value is -6.95. The summed E-state index contributed by atoms with van der Waals surface area (Å²) in [5.74, 6) is 4.07. The topological polar surface area (TPSA) is 203 Å². The minimum atomic E-state index is 0.0516. The van der Waals surface area contributed by atoms with E-state index < -0.39 is 0 Å². The van der Waals surface area contributed by atoms with Crippen molar-refractivity contribution in [3.8, 4) is 34.4 Å². The van der Waals surface area contributed by atoms with Crippen molar-refractivity contribution in [2.45, 2.75) is 51.6 Å². The van der Waals surface area contributed by atoms with Crippen LogP contribution in [0.4, 0.5) is 29.0 Å². The first kappa shape index (κ1) is 38.9. The fraction of sp³-hybridized carbons (Fsp3) is 0.300. The summed E-state index contributed by atoms with van der Waals surface area (Å²) >= 11 is 5.70. The number of nitrogens with two attached hydrogens (primary N) is 1. The highest BCUT2D eigenvalue weighted by Gasteiger charge is 2.40. The molecule has 304 valence electrons. The molecule has 2 amide bonds. The Bertz CT molecular complexity index is 2530. The lowest BCUT2D eigenvalue weighted by Gasteiger charge is -2.30. The molecule has 18 nitrogen and oxygen atoms in total. The van der Waals surface area contributed by atoms with E-state index in [4.69, 9.17) is 36.3 Å². The van der Waals surface area contributed by atoms with Crippen molar-refractivity contribution in [2.75, 3.05) is 48.3 Å². The Kier molecular flexibility index (Phi) is 10.9. The molecule has 4 aliphatic rings. The summed E-state index contributed by atoms with van der Waals surface area (Å²) in [5.41, 5.74) is 10.8. The van der Waals surface area contributed by atoms with E-state index in [-0.39, 0.29) is 29.2 Å². The van der Waals surface area contributed by atoms with Gasteiger partial charge in [-0.1, -0.05) is 0 Å². The molecule has 2 fully saturated rings. The number of rotatable bonds is 6. The van der Waals surface area contributed by atoms with Gasteiger partial charge in [-0.05, 0) is 62.6 Å². The van der Waals surface area contributed by atoms with Gasteiger partial charge in [-0.2, -0.15) is 9.97 Å². The molecule has 2 unspecified atom stereocenters. The van der Waals surface area contributed by atoms with E-state index in [1.807, 2.05) is 65.7 Å². The van der Waals surface area contributed by atoms with Crippen molar-refractivity contribution in [1.29, 1.82) is 0 Å². The van der Waals surface area contributed by atoms with Crippen LogP contribution in [0.15, 0.2) is 73.8 Å². The Morgan fingerprint density at radius 3 is 1.85 bits per heavy atom. The molecule has 0 bridgehead atoms. The van der Waals surface area contributed by atoms with E-state index in [9.17, 15) is 9.59 Å². The third-order valence-electron chi connectivity index (χ3n) is 10.0. The minimum Gasteiger partial charge on any atom is -0.494 e. The molecule has 0 aliphatic carbocycles. The molecule has 2 aromatic carbocycles. The predicted octanol–water partition coefficient (Wildman–Crippen LogP) is 5.40. The second kappa shape index (κ2) is 16.5. The van der Waals surface area contributed by atoms with E-state index in [2.05, 4.69) is 35.2 Å². The molecule has 6 aromatic rings. The number of hydrogen-bond acceptors (Lipinski definition) is 14. The van der Waals surface area contributed by atoms with E-state index in [0.29, 0.717) is 66.6 Å². The minimum absolute atomic E-state index is 0.0516. The number of carbonyl (C=O) groups excluding carboxylic acids is 2. The maximum absolute atomic E-state index is 12.3. The zero-order valence-corrected chi connectivity index (χ0v) is 33.5. The van der Waals surface area contributed by atoms with Crippen molar-refractivity contribution in [3.63, 3.8) is 0 Å². The maximum Gasteiger partial charge on any atom is 0.229 e. The summed E-state index contributed by atoms with van der Waals surface area (Å²) in [6.07, 6.45) is 13.2. The molecule has 2 atom stereocenters. The molecule has 0 radical (unpaired) electrons. The van der Waals surface area contributed by atoms with Crippen LogP contribution in [0.5, 0.6) is 23.0 Å². The molecule has 3 N–H and O–H groups in total. The Balaban J connectivity index is 0.000000136. The largest absolute Gasteiger partial charge is 0.494 e. The standard InChI is InChI=1S/C20H20N6O3.C11H13N3O.C9H8ClN3O2/c1-12-9-25(11-22-12)15-5-3-13(7-16(15)28-2)23-20-21-8-17-19(24-20)26-14(10-29-17)4-6-18(26)27;1-8-6-14(7-13-8)10-4-3-9(12)5-11(10)15-2;10-9-11-3-6-8(12-9)13-5(4-15-6)1-2-7(13)14/h3,5,7-9,11,14H,4,6,10H2,1-2H3,(H,21,23,24);3-7H,12H2,1-2H3;3,5H,1-2,4H2. The summed E-state index contributed by atoms with van der Waals surface area (Å²) in [5, 5.41) is 3.32. The maximum atomic E-state index is 12.3. The van der Waals surface area contributed by atoms with Crippen molar-refractivity contribution in [1.82, 2.24) is 39.0 Å². The van der Waals surface area contributed by atoms with Gasteiger partial charge in [-0.25, -0.2) is 19.9 Å². The van der Waals surface area contributed by atoms with Gasteiger partial charge in [0.1, 0.15) is 24.7 Å². The number of hydrogen-bond donors (Lipinski definition) is 2. The van der Waals surface area contributed by atoms with E-state index in [1.54, 1.807) is 48.9 Å². The van der Waals surface area contributed by atoms with Crippen LogP contribution in [0, 0.1) is 13.8 Å². The van der Waals surface area contributed by atoms with E-state index in [0.717, 1.165) is 47.0 Å². The third kappa shape index (κ3) is 8.11. The summed E-state index contributed by atoms with van der Waals surface area (Å²) in [6, 6.07) is 11.4. The zero-order valence-electron chi connectivity index (χ0n) is 32.7. The van der Waals surface area contributed by atoms with Gasteiger partial charge in [-0.3, -0.25) is 19.4 Å². The number of anilines is 5. The summed E-state index contributed by atoms with van der Waals surface area (Å²) < 4.78 is 25.8. The first-order valence-electron chi connectivity index (χ1n) is 18.8. The van der Waals surface area contributed by atoms with Gasteiger partial charge in [0.05, 0.1) is 74.1 Å². The number of fused-ring (bicyclic) bond motifs is 6. The molecule has 8 heterocycles. The SMILES string of the molecule is COc1cc(N)ccc1-n1cnc(C)c1.COc1cc(Nc2ncc3c(n2)N2C(=O)CCC2CO3)ccc1-n1cnc(C)c1.O=C1CCC2COc3cnc(Cl)nc3N12. The van der Waals surface area contributed by atoms with Crippen LogP contribution in [-0.2, 0) is 9.59 Å². The first-order chi connectivity index (χ1) is 28.6. The summed E-state index contributed by atoms with van der Waals surface area (Å²) in [4.78, 5) is 52.5. The van der Waals surface area contributed by atoms with Crippen LogP contribution in [-0.4, -0.2) is 90.4 Å². The summed E-state index contributed by atoms with van der Waals surface area (Å²) in [7, 11) is 3.25. The van der Waals surface area contributed by atoms with E-state index >= 15 is 0 Å².